The molecule has 92 valence electrons. The fourth-order valence-electron chi connectivity index (χ4n) is 1.72. The van der Waals surface area contributed by atoms with Crippen molar-refractivity contribution in [3.63, 3.8) is 0 Å². The summed E-state index contributed by atoms with van der Waals surface area (Å²) in [7, 11) is 0. The molecule has 0 amide bonds. The van der Waals surface area contributed by atoms with Crippen molar-refractivity contribution in [1.82, 2.24) is 5.43 Å². The van der Waals surface area contributed by atoms with Crippen molar-refractivity contribution in [2.24, 2.45) is 5.84 Å². The third-order valence-electron chi connectivity index (χ3n) is 2.43. The maximum Gasteiger partial charge on any atom is 0.0826 e. The highest BCUT2D eigenvalue weighted by Crippen LogP contribution is 2.32. The molecule has 0 aromatic carbocycles. The number of thiophene rings is 1. The van der Waals surface area contributed by atoms with E-state index in [1.807, 2.05) is 13.0 Å². The summed E-state index contributed by atoms with van der Waals surface area (Å²) in [5.74, 6) is 5.65. The first-order chi connectivity index (χ1) is 7.74. The Labute approximate surface area is 109 Å². The first kappa shape index (κ1) is 14.1. The van der Waals surface area contributed by atoms with Gasteiger partial charge in [-0.2, -0.15) is 0 Å². The van der Waals surface area contributed by atoms with Crippen molar-refractivity contribution in [3.8, 4) is 0 Å². The molecule has 5 heteroatoms. The Kier molecular flexibility index (Phi) is 6.53. The number of halogens is 1. The first-order valence-corrected chi connectivity index (χ1v) is 7.22. The van der Waals surface area contributed by atoms with Crippen molar-refractivity contribution in [3.05, 3.63) is 20.8 Å². The van der Waals surface area contributed by atoms with Gasteiger partial charge < -0.3 is 4.74 Å². The average molecular weight is 307 g/mol. The molecule has 0 saturated heterocycles. The predicted octanol–water partition coefficient (Wildman–Crippen LogP) is 3.22. The van der Waals surface area contributed by atoms with Gasteiger partial charge in [0.25, 0.3) is 0 Å². The third kappa shape index (κ3) is 3.53. The maximum absolute atomic E-state index is 5.76. The molecule has 0 saturated carbocycles. The van der Waals surface area contributed by atoms with E-state index in [0.717, 1.165) is 17.3 Å². The smallest absolute Gasteiger partial charge is 0.0826 e. The minimum absolute atomic E-state index is 0.0641. The minimum Gasteiger partial charge on any atom is -0.376 e. The normalized spacial score (nSPS) is 15.0. The Morgan fingerprint density at radius 1 is 1.56 bits per heavy atom. The van der Waals surface area contributed by atoms with Gasteiger partial charge in [0.1, 0.15) is 0 Å². The number of hydrogen-bond donors (Lipinski definition) is 2. The summed E-state index contributed by atoms with van der Waals surface area (Å²) in [6, 6.07) is 2.11. The van der Waals surface area contributed by atoms with Crippen LogP contribution in [0.25, 0.3) is 0 Å². The van der Waals surface area contributed by atoms with Crippen LogP contribution < -0.4 is 11.3 Å². The van der Waals surface area contributed by atoms with Gasteiger partial charge in [0, 0.05) is 16.0 Å². The molecule has 1 rings (SSSR count). The van der Waals surface area contributed by atoms with E-state index >= 15 is 0 Å². The number of hydrazine groups is 1. The number of nitrogens with two attached hydrogens (primary N) is 1. The number of rotatable bonds is 7. The van der Waals surface area contributed by atoms with Crippen molar-refractivity contribution < 1.29 is 4.74 Å². The summed E-state index contributed by atoms with van der Waals surface area (Å²) in [6.07, 6.45) is 2.23. The number of hydrogen-bond acceptors (Lipinski definition) is 4. The molecule has 0 radical (unpaired) electrons. The van der Waals surface area contributed by atoms with Gasteiger partial charge in [0.05, 0.1) is 12.1 Å². The predicted molar refractivity (Wildman–Crippen MR) is 72.4 cm³/mol. The fraction of sp³-hybridized carbons (Fsp3) is 0.636. The van der Waals surface area contributed by atoms with E-state index in [4.69, 9.17) is 10.6 Å². The summed E-state index contributed by atoms with van der Waals surface area (Å²) >= 11 is 5.23. The molecule has 0 aliphatic heterocycles. The highest BCUT2D eigenvalue weighted by molar-refractivity contribution is 9.10. The van der Waals surface area contributed by atoms with E-state index < -0.39 is 0 Å². The molecule has 2 unspecified atom stereocenters. The van der Waals surface area contributed by atoms with E-state index in [0.29, 0.717) is 6.61 Å². The second kappa shape index (κ2) is 7.40. The van der Waals surface area contributed by atoms with Crippen molar-refractivity contribution in [2.45, 2.75) is 38.8 Å². The Morgan fingerprint density at radius 2 is 2.31 bits per heavy atom. The van der Waals surface area contributed by atoms with Gasteiger partial charge in [-0.1, -0.05) is 13.3 Å². The molecule has 3 N–H and O–H groups in total. The van der Waals surface area contributed by atoms with Crippen LogP contribution in [0.1, 0.15) is 37.6 Å². The van der Waals surface area contributed by atoms with Gasteiger partial charge in [-0.25, -0.2) is 5.43 Å². The topological polar surface area (TPSA) is 47.3 Å². The minimum atomic E-state index is 0.0641. The first-order valence-electron chi connectivity index (χ1n) is 5.55. The quantitative estimate of drug-likeness (QED) is 0.600. The zero-order chi connectivity index (χ0) is 12.0. The SMILES string of the molecule is CCCC(OCC)C(NN)c1sccc1Br. The van der Waals surface area contributed by atoms with Crippen LogP contribution in [0.3, 0.4) is 0 Å². The summed E-state index contributed by atoms with van der Waals surface area (Å²) < 4.78 is 6.86. The molecular formula is C11H19BrN2OS. The average Bonchev–Trinajstić information content (AvgIpc) is 2.67. The van der Waals surface area contributed by atoms with Crippen LogP contribution in [0, 0.1) is 0 Å². The third-order valence-corrected chi connectivity index (χ3v) is 4.39. The van der Waals surface area contributed by atoms with Gasteiger partial charge in [-0.3, -0.25) is 5.84 Å². The summed E-state index contributed by atoms with van der Waals surface area (Å²) in [5, 5.41) is 2.05. The highest BCUT2D eigenvalue weighted by atomic mass is 79.9. The van der Waals surface area contributed by atoms with E-state index in [1.54, 1.807) is 11.3 Å². The van der Waals surface area contributed by atoms with Crippen molar-refractivity contribution in [1.29, 1.82) is 0 Å². The lowest BCUT2D eigenvalue weighted by molar-refractivity contribution is 0.0283. The molecule has 1 aromatic rings. The lowest BCUT2D eigenvalue weighted by atomic mass is 10.1. The molecule has 0 spiro atoms. The van der Waals surface area contributed by atoms with Crippen LogP contribution in [0.15, 0.2) is 15.9 Å². The van der Waals surface area contributed by atoms with Crippen LogP contribution in [-0.2, 0) is 4.74 Å². The van der Waals surface area contributed by atoms with Crippen molar-refractivity contribution in [2.75, 3.05) is 6.61 Å². The zero-order valence-electron chi connectivity index (χ0n) is 9.70. The molecule has 0 aliphatic rings. The van der Waals surface area contributed by atoms with E-state index in [2.05, 4.69) is 33.7 Å². The molecule has 16 heavy (non-hydrogen) atoms. The van der Waals surface area contributed by atoms with Crippen LogP contribution in [0.4, 0.5) is 0 Å². The summed E-state index contributed by atoms with van der Waals surface area (Å²) in [5.41, 5.74) is 2.87. The molecule has 1 heterocycles. The largest absolute Gasteiger partial charge is 0.376 e. The van der Waals surface area contributed by atoms with Gasteiger partial charge in [0.15, 0.2) is 0 Å². The van der Waals surface area contributed by atoms with Crippen LogP contribution in [0.2, 0.25) is 0 Å². The van der Waals surface area contributed by atoms with Crippen molar-refractivity contribution >= 4 is 27.3 Å². The lowest BCUT2D eigenvalue weighted by Gasteiger charge is -2.25. The van der Waals surface area contributed by atoms with Gasteiger partial charge in [0.2, 0.25) is 0 Å². The van der Waals surface area contributed by atoms with Crippen LogP contribution >= 0.6 is 27.3 Å². The number of nitrogens with one attached hydrogen (secondary N) is 1. The van der Waals surface area contributed by atoms with E-state index in [-0.39, 0.29) is 12.1 Å². The fourth-order valence-corrected chi connectivity index (χ4v) is 3.46. The van der Waals surface area contributed by atoms with Gasteiger partial charge >= 0.3 is 0 Å². The maximum atomic E-state index is 5.76. The molecule has 0 bridgehead atoms. The van der Waals surface area contributed by atoms with Gasteiger partial charge in [-0.15, -0.1) is 11.3 Å². The zero-order valence-corrected chi connectivity index (χ0v) is 12.1. The summed E-state index contributed by atoms with van der Waals surface area (Å²) in [6.45, 7) is 4.88. The molecule has 3 nitrogen and oxygen atoms in total. The Hall–Kier alpha value is 0.0600. The summed E-state index contributed by atoms with van der Waals surface area (Å²) in [4.78, 5) is 1.20. The van der Waals surface area contributed by atoms with Gasteiger partial charge in [-0.05, 0) is 40.7 Å². The molecule has 1 aromatic heterocycles. The Balaban J connectivity index is 2.81. The standard InChI is InChI=1S/C11H19BrN2OS/c1-3-5-9(15-4-2)10(14-13)11-8(12)6-7-16-11/h6-7,9-10,14H,3-5,13H2,1-2H3. The van der Waals surface area contributed by atoms with E-state index in [9.17, 15) is 0 Å². The second-order valence-electron chi connectivity index (χ2n) is 3.56. The van der Waals surface area contributed by atoms with Crippen LogP contribution in [0.5, 0.6) is 0 Å². The lowest BCUT2D eigenvalue weighted by Crippen LogP contribution is -2.37. The number of ether oxygens (including phenoxy) is 1. The second-order valence-corrected chi connectivity index (χ2v) is 5.36. The monoisotopic (exact) mass is 306 g/mol. The highest BCUT2D eigenvalue weighted by Gasteiger charge is 2.24. The van der Waals surface area contributed by atoms with E-state index in [1.165, 1.54) is 4.88 Å². The molecule has 0 fully saturated rings. The van der Waals surface area contributed by atoms with Crippen LogP contribution in [-0.4, -0.2) is 12.7 Å². The molecular weight excluding hydrogens is 288 g/mol. The Bertz CT molecular complexity index is 300. The molecule has 0 aliphatic carbocycles. The Morgan fingerprint density at radius 3 is 2.75 bits per heavy atom. The molecule has 2 atom stereocenters.